The fraction of sp³-hybridized carbons (Fsp3) is 0.667. The number of hydrogen-bond donors (Lipinski definition) is 0. The highest BCUT2D eigenvalue weighted by Crippen LogP contribution is 2.50. The van der Waals surface area contributed by atoms with Crippen LogP contribution in [-0.4, -0.2) is 59.1 Å². The monoisotopic (exact) mass is 396 g/mol. The van der Waals surface area contributed by atoms with E-state index in [0.717, 1.165) is 57.3 Å². The van der Waals surface area contributed by atoms with E-state index in [0.29, 0.717) is 6.54 Å². The normalized spacial score (nSPS) is 23.7. The fourth-order valence-corrected chi connectivity index (χ4v) is 4.40. The molecule has 0 unspecified atom stereocenters. The summed E-state index contributed by atoms with van der Waals surface area (Å²) in [5.74, 6) is 0.0819. The third kappa shape index (κ3) is 4.01. The molecular formula is C21H30ClFN2O2. The number of rotatable bonds is 4. The molecule has 3 aliphatic rings. The van der Waals surface area contributed by atoms with Crippen LogP contribution in [-0.2, 0) is 16.0 Å². The van der Waals surface area contributed by atoms with Crippen molar-refractivity contribution in [1.29, 1.82) is 0 Å². The Hall–Kier alpha value is -1.17. The molecule has 0 bridgehead atoms. The predicted molar refractivity (Wildman–Crippen MR) is 106 cm³/mol. The molecule has 1 amide bonds. The number of hydrogen-bond acceptors (Lipinski definition) is 3. The van der Waals surface area contributed by atoms with Crippen LogP contribution in [0.1, 0.15) is 45.1 Å². The summed E-state index contributed by atoms with van der Waals surface area (Å²) in [4.78, 5) is 17.1. The van der Waals surface area contributed by atoms with Gasteiger partial charge in [-0.1, -0.05) is 18.2 Å². The van der Waals surface area contributed by atoms with Gasteiger partial charge in [0.1, 0.15) is 11.4 Å². The highest BCUT2D eigenvalue weighted by molar-refractivity contribution is 5.89. The Morgan fingerprint density at radius 2 is 1.81 bits per heavy atom. The van der Waals surface area contributed by atoms with Gasteiger partial charge in [0.2, 0.25) is 0 Å². The summed E-state index contributed by atoms with van der Waals surface area (Å²) in [5.41, 5.74) is 0.0799. The SMILES string of the molecule is CC(C)N1CC2(CCN(CCc3ccccc3F)CC2)OC2(CC2)C1=O.Cl. The van der Waals surface area contributed by atoms with E-state index >= 15 is 0 Å². The molecule has 3 fully saturated rings. The first-order valence-electron chi connectivity index (χ1n) is 9.90. The molecule has 0 N–H and O–H groups in total. The molecule has 1 aromatic rings. The second-order valence-electron chi connectivity index (χ2n) is 8.49. The van der Waals surface area contributed by atoms with Crippen LogP contribution in [0.15, 0.2) is 24.3 Å². The Bertz CT molecular complexity index is 685. The highest BCUT2D eigenvalue weighted by atomic mass is 35.5. The maximum atomic E-state index is 13.8. The molecule has 2 saturated heterocycles. The maximum Gasteiger partial charge on any atom is 0.255 e. The van der Waals surface area contributed by atoms with E-state index in [1.807, 2.05) is 17.0 Å². The molecule has 2 heterocycles. The zero-order chi connectivity index (χ0) is 18.4. The van der Waals surface area contributed by atoms with Gasteiger partial charge in [0.15, 0.2) is 0 Å². The average molecular weight is 397 g/mol. The number of piperidine rings is 1. The molecule has 4 rings (SSSR count). The number of halogens is 2. The van der Waals surface area contributed by atoms with Crippen LogP contribution in [0.25, 0.3) is 0 Å². The smallest absolute Gasteiger partial charge is 0.255 e. The Balaban J connectivity index is 0.00000210. The Kier molecular flexibility index (Phi) is 5.85. The van der Waals surface area contributed by atoms with E-state index in [1.54, 1.807) is 6.07 Å². The van der Waals surface area contributed by atoms with Gasteiger partial charge in [-0.15, -0.1) is 12.4 Å². The molecule has 0 radical (unpaired) electrons. The first kappa shape index (κ1) is 20.6. The molecule has 2 aliphatic heterocycles. The molecule has 0 aromatic heterocycles. The number of ether oxygens (including phenoxy) is 1. The van der Waals surface area contributed by atoms with Crippen molar-refractivity contribution in [2.45, 2.75) is 63.2 Å². The predicted octanol–water partition coefficient (Wildman–Crippen LogP) is 3.42. The van der Waals surface area contributed by atoms with Crippen molar-refractivity contribution in [3.8, 4) is 0 Å². The van der Waals surface area contributed by atoms with Crippen molar-refractivity contribution in [1.82, 2.24) is 9.80 Å². The fourth-order valence-electron chi connectivity index (χ4n) is 4.40. The topological polar surface area (TPSA) is 32.8 Å². The second-order valence-corrected chi connectivity index (χ2v) is 8.49. The lowest BCUT2D eigenvalue weighted by atomic mass is 9.87. The lowest BCUT2D eigenvalue weighted by Gasteiger charge is -2.51. The molecule has 1 aliphatic carbocycles. The summed E-state index contributed by atoms with van der Waals surface area (Å²) in [6, 6.07) is 7.25. The summed E-state index contributed by atoms with van der Waals surface area (Å²) in [7, 11) is 0. The molecule has 150 valence electrons. The summed E-state index contributed by atoms with van der Waals surface area (Å²) in [5, 5.41) is 0. The van der Waals surface area contributed by atoms with Crippen LogP contribution in [0.3, 0.4) is 0 Å². The standard InChI is InChI=1S/C21H29FN2O2.ClH/c1-16(2)24-15-20(26-21(8-9-21)19(24)25)10-13-23(14-11-20)12-7-17-5-3-4-6-18(17)22;/h3-6,16H,7-15H2,1-2H3;1H. The lowest BCUT2D eigenvalue weighted by molar-refractivity contribution is -0.203. The first-order valence-corrected chi connectivity index (χ1v) is 9.90. The number of carbonyl (C=O) groups is 1. The minimum Gasteiger partial charge on any atom is -0.357 e. The van der Waals surface area contributed by atoms with Crippen LogP contribution >= 0.6 is 12.4 Å². The lowest BCUT2D eigenvalue weighted by Crippen LogP contribution is -2.64. The Morgan fingerprint density at radius 1 is 1.15 bits per heavy atom. The van der Waals surface area contributed by atoms with Crippen molar-refractivity contribution >= 4 is 18.3 Å². The molecule has 1 aromatic carbocycles. The molecular weight excluding hydrogens is 367 g/mol. The average Bonchev–Trinajstić information content (AvgIpc) is 3.39. The van der Waals surface area contributed by atoms with E-state index < -0.39 is 5.60 Å². The van der Waals surface area contributed by atoms with Gasteiger partial charge in [0.05, 0.1) is 12.1 Å². The van der Waals surface area contributed by atoms with E-state index in [9.17, 15) is 9.18 Å². The summed E-state index contributed by atoms with van der Waals surface area (Å²) in [6.45, 7) is 7.67. The van der Waals surface area contributed by atoms with E-state index in [-0.39, 0.29) is 35.8 Å². The van der Waals surface area contributed by atoms with E-state index in [1.165, 1.54) is 6.07 Å². The molecule has 4 nitrogen and oxygen atoms in total. The molecule has 27 heavy (non-hydrogen) atoms. The number of nitrogens with zero attached hydrogens (tertiary/aromatic N) is 2. The Morgan fingerprint density at radius 3 is 2.41 bits per heavy atom. The van der Waals surface area contributed by atoms with E-state index in [4.69, 9.17) is 4.74 Å². The molecule has 0 atom stereocenters. The number of amides is 1. The number of likely N-dealkylation sites (tertiary alicyclic amines) is 1. The van der Waals surface area contributed by atoms with Crippen LogP contribution in [0.2, 0.25) is 0 Å². The minimum absolute atomic E-state index is 0. The highest BCUT2D eigenvalue weighted by Gasteiger charge is 2.62. The minimum atomic E-state index is -0.516. The maximum absolute atomic E-state index is 13.8. The second kappa shape index (κ2) is 7.69. The summed E-state index contributed by atoms with van der Waals surface area (Å²) in [6.07, 6.45) is 4.37. The van der Waals surface area contributed by atoms with Crippen molar-refractivity contribution in [2.24, 2.45) is 0 Å². The van der Waals surface area contributed by atoms with Crippen molar-refractivity contribution in [3.63, 3.8) is 0 Å². The van der Waals surface area contributed by atoms with Crippen LogP contribution in [0, 0.1) is 5.82 Å². The van der Waals surface area contributed by atoms with Gasteiger partial charge in [0, 0.05) is 25.7 Å². The third-order valence-corrected chi connectivity index (χ3v) is 6.27. The van der Waals surface area contributed by atoms with Gasteiger partial charge in [-0.2, -0.15) is 0 Å². The quantitative estimate of drug-likeness (QED) is 0.781. The van der Waals surface area contributed by atoms with Crippen LogP contribution in [0.5, 0.6) is 0 Å². The zero-order valence-electron chi connectivity index (χ0n) is 16.2. The molecule has 1 saturated carbocycles. The van der Waals surface area contributed by atoms with Gasteiger partial charge >= 0.3 is 0 Å². The van der Waals surface area contributed by atoms with Gasteiger partial charge in [-0.3, -0.25) is 4.79 Å². The molecule has 6 heteroatoms. The van der Waals surface area contributed by atoms with Crippen molar-refractivity contribution in [3.05, 3.63) is 35.6 Å². The largest absolute Gasteiger partial charge is 0.357 e. The van der Waals surface area contributed by atoms with Crippen LogP contribution < -0.4 is 0 Å². The van der Waals surface area contributed by atoms with Gasteiger partial charge in [0.25, 0.3) is 5.91 Å². The van der Waals surface area contributed by atoms with Gasteiger partial charge < -0.3 is 14.5 Å². The van der Waals surface area contributed by atoms with E-state index in [2.05, 4.69) is 18.7 Å². The van der Waals surface area contributed by atoms with Gasteiger partial charge in [-0.05, 0) is 57.6 Å². The summed E-state index contributed by atoms with van der Waals surface area (Å²) < 4.78 is 20.3. The molecule has 2 spiro atoms. The number of carbonyl (C=O) groups excluding carboxylic acids is 1. The van der Waals surface area contributed by atoms with Crippen molar-refractivity contribution < 1.29 is 13.9 Å². The zero-order valence-corrected chi connectivity index (χ0v) is 17.1. The Labute approximate surface area is 167 Å². The summed E-state index contributed by atoms with van der Waals surface area (Å²) >= 11 is 0. The first-order chi connectivity index (χ1) is 12.4. The van der Waals surface area contributed by atoms with Crippen molar-refractivity contribution in [2.75, 3.05) is 26.2 Å². The van der Waals surface area contributed by atoms with Crippen LogP contribution in [0.4, 0.5) is 4.39 Å². The number of benzene rings is 1. The number of morpholine rings is 1. The van der Waals surface area contributed by atoms with Gasteiger partial charge in [-0.25, -0.2) is 4.39 Å². The third-order valence-electron chi connectivity index (χ3n) is 6.27.